The molecule has 0 fully saturated rings. The maximum Gasteiger partial charge on any atom is 0.0577 e. The summed E-state index contributed by atoms with van der Waals surface area (Å²) >= 11 is 9.91. The fourth-order valence-electron chi connectivity index (χ4n) is 2.09. The number of halogens is 2. The van der Waals surface area contributed by atoms with Crippen molar-refractivity contribution in [3.8, 4) is 0 Å². The van der Waals surface area contributed by atoms with Crippen molar-refractivity contribution < 1.29 is 0 Å². The Hall–Kier alpha value is -0.830. The standard InChI is InChI=1S/C16H17BrClN/c1-9-4-5-12(14(17)6-9)16(19)13-7-10(2)11(3)8-15(13)18/h4-8,16H,19H2,1-3H3. The van der Waals surface area contributed by atoms with E-state index in [9.17, 15) is 0 Å². The Morgan fingerprint density at radius 3 is 2.26 bits per heavy atom. The van der Waals surface area contributed by atoms with Gasteiger partial charge in [0.05, 0.1) is 6.04 Å². The molecule has 0 aliphatic rings. The van der Waals surface area contributed by atoms with E-state index < -0.39 is 0 Å². The molecule has 1 unspecified atom stereocenters. The van der Waals surface area contributed by atoms with Gasteiger partial charge in [0.25, 0.3) is 0 Å². The number of hydrogen-bond acceptors (Lipinski definition) is 1. The van der Waals surface area contributed by atoms with Gasteiger partial charge in [-0.3, -0.25) is 0 Å². The molecule has 0 radical (unpaired) electrons. The first kappa shape index (κ1) is 14.6. The quantitative estimate of drug-likeness (QED) is 0.812. The van der Waals surface area contributed by atoms with Crippen molar-refractivity contribution in [3.63, 3.8) is 0 Å². The van der Waals surface area contributed by atoms with E-state index in [1.807, 2.05) is 6.07 Å². The topological polar surface area (TPSA) is 26.0 Å². The molecule has 0 bridgehead atoms. The van der Waals surface area contributed by atoms with Crippen molar-refractivity contribution in [2.45, 2.75) is 26.8 Å². The molecule has 100 valence electrons. The molecule has 0 amide bonds. The van der Waals surface area contributed by atoms with Crippen molar-refractivity contribution in [1.29, 1.82) is 0 Å². The maximum absolute atomic E-state index is 6.37. The van der Waals surface area contributed by atoms with Gasteiger partial charge in [-0.25, -0.2) is 0 Å². The van der Waals surface area contributed by atoms with Gasteiger partial charge in [0, 0.05) is 9.50 Å². The Balaban J connectivity index is 2.49. The number of hydrogen-bond donors (Lipinski definition) is 1. The third kappa shape index (κ3) is 3.02. The Morgan fingerprint density at radius 2 is 1.63 bits per heavy atom. The van der Waals surface area contributed by atoms with Crippen LogP contribution in [0.15, 0.2) is 34.8 Å². The monoisotopic (exact) mass is 337 g/mol. The summed E-state index contributed by atoms with van der Waals surface area (Å²) in [6.07, 6.45) is 0. The molecule has 2 aromatic carbocycles. The maximum atomic E-state index is 6.37. The van der Waals surface area contributed by atoms with Crippen molar-refractivity contribution >= 4 is 27.5 Å². The second kappa shape index (κ2) is 5.66. The number of benzene rings is 2. The van der Waals surface area contributed by atoms with Crippen LogP contribution in [-0.4, -0.2) is 0 Å². The third-order valence-corrected chi connectivity index (χ3v) is 4.45. The highest BCUT2D eigenvalue weighted by Crippen LogP contribution is 2.32. The van der Waals surface area contributed by atoms with Crippen LogP contribution in [0.25, 0.3) is 0 Å². The number of aryl methyl sites for hydroxylation is 3. The lowest BCUT2D eigenvalue weighted by Gasteiger charge is -2.18. The van der Waals surface area contributed by atoms with Gasteiger partial charge in [0.2, 0.25) is 0 Å². The molecule has 1 atom stereocenters. The predicted molar refractivity (Wildman–Crippen MR) is 85.8 cm³/mol. The van der Waals surface area contributed by atoms with Gasteiger partial charge in [0.15, 0.2) is 0 Å². The highest BCUT2D eigenvalue weighted by molar-refractivity contribution is 9.10. The average molecular weight is 339 g/mol. The normalized spacial score (nSPS) is 12.5. The van der Waals surface area contributed by atoms with Gasteiger partial charge in [0.1, 0.15) is 0 Å². The predicted octanol–water partition coefficient (Wildman–Crippen LogP) is 5.08. The Morgan fingerprint density at radius 1 is 1.00 bits per heavy atom. The van der Waals surface area contributed by atoms with Crippen LogP contribution in [0.2, 0.25) is 5.02 Å². The largest absolute Gasteiger partial charge is 0.320 e. The Labute approximate surface area is 127 Å². The smallest absolute Gasteiger partial charge is 0.0577 e. The van der Waals surface area contributed by atoms with Crippen LogP contribution in [0.1, 0.15) is 33.9 Å². The first-order chi connectivity index (χ1) is 8.90. The average Bonchev–Trinajstić information content (AvgIpc) is 2.33. The molecule has 2 aromatic rings. The second-order valence-electron chi connectivity index (χ2n) is 4.96. The van der Waals surface area contributed by atoms with Crippen LogP contribution < -0.4 is 5.73 Å². The minimum Gasteiger partial charge on any atom is -0.320 e. The lowest BCUT2D eigenvalue weighted by atomic mass is 9.95. The van der Waals surface area contributed by atoms with E-state index in [-0.39, 0.29) is 6.04 Å². The molecular formula is C16H17BrClN. The minimum atomic E-state index is -0.221. The zero-order chi connectivity index (χ0) is 14.2. The molecule has 2 rings (SSSR count). The van der Waals surface area contributed by atoms with Crippen molar-refractivity contribution in [3.05, 3.63) is 67.6 Å². The molecule has 19 heavy (non-hydrogen) atoms. The number of rotatable bonds is 2. The van der Waals surface area contributed by atoms with E-state index in [2.05, 4.69) is 61.0 Å². The zero-order valence-corrected chi connectivity index (χ0v) is 13.6. The van der Waals surface area contributed by atoms with Crippen LogP contribution >= 0.6 is 27.5 Å². The Bertz CT molecular complexity index is 622. The minimum absolute atomic E-state index is 0.221. The molecule has 3 heteroatoms. The van der Waals surface area contributed by atoms with Crippen LogP contribution in [0.4, 0.5) is 0 Å². The van der Waals surface area contributed by atoms with E-state index in [4.69, 9.17) is 17.3 Å². The van der Waals surface area contributed by atoms with Gasteiger partial charge in [-0.05, 0) is 60.7 Å². The summed E-state index contributed by atoms with van der Waals surface area (Å²) in [6, 6.07) is 10.0. The van der Waals surface area contributed by atoms with Crippen LogP contribution in [0.5, 0.6) is 0 Å². The van der Waals surface area contributed by atoms with E-state index in [1.54, 1.807) is 0 Å². The molecule has 0 aromatic heterocycles. The highest BCUT2D eigenvalue weighted by atomic mass is 79.9. The van der Waals surface area contributed by atoms with Gasteiger partial charge in [-0.2, -0.15) is 0 Å². The van der Waals surface area contributed by atoms with Gasteiger partial charge in [-0.1, -0.05) is 45.7 Å². The summed E-state index contributed by atoms with van der Waals surface area (Å²) < 4.78 is 1.02. The summed E-state index contributed by atoms with van der Waals surface area (Å²) in [6.45, 7) is 6.19. The van der Waals surface area contributed by atoms with E-state index in [0.29, 0.717) is 0 Å². The van der Waals surface area contributed by atoms with Crippen LogP contribution in [0.3, 0.4) is 0 Å². The molecule has 1 nitrogen and oxygen atoms in total. The summed E-state index contributed by atoms with van der Waals surface area (Å²) in [5.74, 6) is 0. The van der Waals surface area contributed by atoms with Crippen molar-refractivity contribution in [1.82, 2.24) is 0 Å². The van der Waals surface area contributed by atoms with Crippen LogP contribution in [0, 0.1) is 20.8 Å². The van der Waals surface area contributed by atoms with Gasteiger partial charge in [-0.15, -0.1) is 0 Å². The fourth-order valence-corrected chi connectivity index (χ4v) is 3.17. The molecule has 0 aliphatic carbocycles. The van der Waals surface area contributed by atoms with E-state index >= 15 is 0 Å². The lowest BCUT2D eigenvalue weighted by molar-refractivity contribution is 0.862. The fraction of sp³-hybridized carbons (Fsp3) is 0.250. The van der Waals surface area contributed by atoms with E-state index in [1.165, 1.54) is 16.7 Å². The molecule has 2 N–H and O–H groups in total. The Kier molecular flexibility index (Phi) is 4.34. The first-order valence-electron chi connectivity index (χ1n) is 6.18. The summed E-state index contributed by atoms with van der Waals surface area (Å²) in [4.78, 5) is 0. The van der Waals surface area contributed by atoms with Crippen LogP contribution in [-0.2, 0) is 0 Å². The number of nitrogens with two attached hydrogens (primary N) is 1. The third-order valence-electron chi connectivity index (χ3n) is 3.44. The summed E-state index contributed by atoms with van der Waals surface area (Å²) in [5, 5.41) is 0.725. The lowest BCUT2D eigenvalue weighted by Crippen LogP contribution is -2.13. The molecule has 0 aliphatic heterocycles. The van der Waals surface area contributed by atoms with Gasteiger partial charge >= 0.3 is 0 Å². The van der Waals surface area contributed by atoms with Crippen molar-refractivity contribution in [2.75, 3.05) is 0 Å². The molecule has 0 heterocycles. The highest BCUT2D eigenvalue weighted by Gasteiger charge is 2.16. The molecular weight excluding hydrogens is 322 g/mol. The zero-order valence-electron chi connectivity index (χ0n) is 11.3. The first-order valence-corrected chi connectivity index (χ1v) is 7.35. The molecule has 0 spiro atoms. The summed E-state index contributed by atoms with van der Waals surface area (Å²) in [5.41, 5.74) is 12.0. The summed E-state index contributed by atoms with van der Waals surface area (Å²) in [7, 11) is 0. The van der Waals surface area contributed by atoms with Crippen molar-refractivity contribution in [2.24, 2.45) is 5.73 Å². The molecule has 0 saturated carbocycles. The second-order valence-corrected chi connectivity index (χ2v) is 6.22. The van der Waals surface area contributed by atoms with E-state index in [0.717, 1.165) is 20.6 Å². The van der Waals surface area contributed by atoms with Gasteiger partial charge < -0.3 is 5.73 Å². The SMILES string of the molecule is Cc1ccc(C(N)c2cc(C)c(C)cc2Cl)c(Br)c1. The molecule has 0 saturated heterocycles.